The maximum Gasteiger partial charge on any atom is 0.141 e. The first-order valence-corrected chi connectivity index (χ1v) is 7.26. The summed E-state index contributed by atoms with van der Waals surface area (Å²) in [6.07, 6.45) is 3.69. The third kappa shape index (κ3) is 2.06. The predicted molar refractivity (Wildman–Crippen MR) is 72.9 cm³/mol. The van der Waals surface area contributed by atoms with Gasteiger partial charge in [-0.3, -0.25) is 0 Å². The average Bonchev–Trinajstić information content (AvgIpc) is 2.83. The molecule has 0 saturated heterocycles. The molecule has 17 heavy (non-hydrogen) atoms. The molecule has 1 aliphatic carbocycles. The van der Waals surface area contributed by atoms with Crippen molar-refractivity contribution in [1.82, 2.24) is 9.97 Å². The molecule has 0 spiro atoms. The molecule has 2 aromatic heterocycles. The Morgan fingerprint density at radius 1 is 1.35 bits per heavy atom. The van der Waals surface area contributed by atoms with E-state index in [4.69, 9.17) is 16.6 Å². The normalized spacial score (nSPS) is 24.6. The molecule has 1 saturated carbocycles. The fraction of sp³-hybridized carbons (Fsp3) is 0.538. The molecule has 2 nitrogen and oxygen atoms in total. The Balaban J connectivity index is 2.05. The Kier molecular flexibility index (Phi) is 2.83. The number of hydrogen-bond acceptors (Lipinski definition) is 3. The molecule has 0 bridgehead atoms. The molecule has 3 rings (SSSR count). The van der Waals surface area contributed by atoms with E-state index in [2.05, 4.69) is 24.9 Å². The van der Waals surface area contributed by atoms with E-state index < -0.39 is 0 Å². The zero-order valence-electron chi connectivity index (χ0n) is 10.0. The van der Waals surface area contributed by atoms with E-state index in [0.29, 0.717) is 11.1 Å². The maximum absolute atomic E-state index is 6.25. The van der Waals surface area contributed by atoms with Gasteiger partial charge in [-0.1, -0.05) is 18.5 Å². The Hall–Kier alpha value is -0.670. The van der Waals surface area contributed by atoms with Crippen molar-refractivity contribution in [3.63, 3.8) is 0 Å². The molecular weight excluding hydrogens is 252 g/mol. The van der Waals surface area contributed by atoms with Crippen LogP contribution in [0.15, 0.2) is 6.07 Å². The van der Waals surface area contributed by atoms with Crippen LogP contribution in [0.4, 0.5) is 0 Å². The second-order valence-electron chi connectivity index (χ2n) is 5.06. The number of thiophene rings is 1. The monoisotopic (exact) mass is 266 g/mol. The summed E-state index contributed by atoms with van der Waals surface area (Å²) < 4.78 is 0. The maximum atomic E-state index is 6.25. The lowest BCUT2D eigenvalue weighted by Crippen LogP contribution is -2.01. The van der Waals surface area contributed by atoms with Crippen LogP contribution in [-0.4, -0.2) is 9.97 Å². The number of rotatable bonds is 1. The Morgan fingerprint density at radius 2 is 2.18 bits per heavy atom. The first-order chi connectivity index (χ1) is 8.13. The highest BCUT2D eigenvalue weighted by molar-refractivity contribution is 7.18. The number of hydrogen-bond donors (Lipinski definition) is 0. The van der Waals surface area contributed by atoms with E-state index in [1.165, 1.54) is 24.1 Å². The Morgan fingerprint density at radius 3 is 2.88 bits per heavy atom. The van der Waals surface area contributed by atoms with Gasteiger partial charge in [-0.15, -0.1) is 11.3 Å². The minimum absolute atomic E-state index is 0.509. The number of nitrogens with zero attached hydrogens (tertiary/aromatic N) is 2. The molecule has 0 aromatic carbocycles. The lowest BCUT2D eigenvalue weighted by atomic mass is 10.1. The molecule has 0 radical (unpaired) electrons. The summed E-state index contributed by atoms with van der Waals surface area (Å²) in [6, 6.07) is 2.07. The fourth-order valence-electron chi connectivity index (χ4n) is 2.65. The van der Waals surface area contributed by atoms with Crippen LogP contribution in [0.3, 0.4) is 0 Å². The van der Waals surface area contributed by atoms with E-state index >= 15 is 0 Å². The van der Waals surface area contributed by atoms with Gasteiger partial charge in [0.1, 0.15) is 15.8 Å². The van der Waals surface area contributed by atoms with Gasteiger partial charge in [0.15, 0.2) is 0 Å². The highest BCUT2D eigenvalue weighted by atomic mass is 35.5. The fourth-order valence-corrected chi connectivity index (χ4v) is 3.82. The highest BCUT2D eigenvalue weighted by Gasteiger charge is 2.26. The van der Waals surface area contributed by atoms with Crippen molar-refractivity contribution >= 4 is 33.2 Å². The van der Waals surface area contributed by atoms with E-state index in [0.717, 1.165) is 22.0 Å². The molecular formula is C13H15ClN2S. The minimum Gasteiger partial charge on any atom is -0.222 e. The van der Waals surface area contributed by atoms with Crippen molar-refractivity contribution in [3.8, 4) is 0 Å². The van der Waals surface area contributed by atoms with Gasteiger partial charge >= 0.3 is 0 Å². The van der Waals surface area contributed by atoms with Crippen molar-refractivity contribution in [2.45, 2.75) is 39.0 Å². The second-order valence-corrected chi connectivity index (χ2v) is 6.66. The molecule has 0 aliphatic heterocycles. The van der Waals surface area contributed by atoms with Crippen LogP contribution < -0.4 is 0 Å². The topological polar surface area (TPSA) is 25.8 Å². The number of fused-ring (bicyclic) bond motifs is 1. The SMILES string of the molecule is Cc1cc2c(Cl)nc(C3CCC(C)C3)nc2s1. The zero-order chi connectivity index (χ0) is 12.0. The summed E-state index contributed by atoms with van der Waals surface area (Å²) in [4.78, 5) is 11.5. The quantitative estimate of drug-likeness (QED) is 0.708. The van der Waals surface area contributed by atoms with Gasteiger partial charge in [-0.05, 0) is 38.2 Å². The van der Waals surface area contributed by atoms with Crippen molar-refractivity contribution in [1.29, 1.82) is 0 Å². The van der Waals surface area contributed by atoms with Crippen molar-refractivity contribution < 1.29 is 0 Å². The van der Waals surface area contributed by atoms with Crippen molar-refractivity contribution in [2.24, 2.45) is 5.92 Å². The first kappa shape index (κ1) is 11.4. The predicted octanol–water partition coefficient (Wildman–Crippen LogP) is 4.56. The molecule has 90 valence electrons. The van der Waals surface area contributed by atoms with Crippen molar-refractivity contribution in [3.05, 3.63) is 21.9 Å². The van der Waals surface area contributed by atoms with E-state index in [-0.39, 0.29) is 0 Å². The summed E-state index contributed by atoms with van der Waals surface area (Å²) in [5.74, 6) is 2.26. The Bertz CT molecular complexity index is 564. The van der Waals surface area contributed by atoms with Gasteiger partial charge in [-0.25, -0.2) is 9.97 Å². The van der Waals surface area contributed by atoms with Crippen LogP contribution in [0.25, 0.3) is 10.2 Å². The van der Waals surface area contributed by atoms with E-state index in [1.54, 1.807) is 11.3 Å². The third-order valence-corrected chi connectivity index (χ3v) is 4.78. The Labute approximate surface area is 110 Å². The van der Waals surface area contributed by atoms with Crippen molar-refractivity contribution in [2.75, 3.05) is 0 Å². The molecule has 2 unspecified atom stereocenters. The summed E-state index contributed by atoms with van der Waals surface area (Å²) in [6.45, 7) is 4.38. The standard InChI is InChI=1S/C13H15ClN2S/c1-7-3-4-9(5-7)12-15-11(14)10-6-8(2)17-13(10)16-12/h6-7,9H,3-5H2,1-2H3. The molecule has 1 fully saturated rings. The molecule has 1 aliphatic rings. The van der Waals surface area contributed by atoms with Gasteiger partial charge in [0.2, 0.25) is 0 Å². The average molecular weight is 267 g/mol. The summed E-state index contributed by atoms with van der Waals surface area (Å²) in [5.41, 5.74) is 0. The molecule has 2 heterocycles. The summed E-state index contributed by atoms with van der Waals surface area (Å²) in [7, 11) is 0. The van der Waals surface area contributed by atoms with Gasteiger partial charge in [0.05, 0.1) is 0 Å². The van der Waals surface area contributed by atoms with Gasteiger partial charge < -0.3 is 0 Å². The van der Waals surface area contributed by atoms with Crippen LogP contribution in [0.5, 0.6) is 0 Å². The molecule has 2 atom stereocenters. The van der Waals surface area contributed by atoms with E-state index in [1.807, 2.05) is 0 Å². The molecule has 0 amide bonds. The van der Waals surface area contributed by atoms with Crippen LogP contribution >= 0.6 is 22.9 Å². The first-order valence-electron chi connectivity index (χ1n) is 6.07. The smallest absolute Gasteiger partial charge is 0.141 e. The van der Waals surface area contributed by atoms with Crippen LogP contribution in [-0.2, 0) is 0 Å². The number of aryl methyl sites for hydroxylation is 1. The zero-order valence-corrected chi connectivity index (χ0v) is 11.6. The van der Waals surface area contributed by atoms with Crippen LogP contribution in [0.1, 0.15) is 42.8 Å². The molecule has 2 aromatic rings. The number of halogens is 1. The van der Waals surface area contributed by atoms with Gasteiger partial charge in [-0.2, -0.15) is 0 Å². The lowest BCUT2D eigenvalue weighted by Gasteiger charge is -2.08. The lowest BCUT2D eigenvalue weighted by molar-refractivity contribution is 0.586. The number of aromatic nitrogens is 2. The third-order valence-electron chi connectivity index (χ3n) is 3.55. The summed E-state index contributed by atoms with van der Waals surface area (Å²) in [5, 5.41) is 1.62. The minimum atomic E-state index is 0.509. The second kappa shape index (κ2) is 4.21. The highest BCUT2D eigenvalue weighted by Crippen LogP contribution is 2.38. The van der Waals surface area contributed by atoms with Gasteiger partial charge in [0, 0.05) is 16.2 Å². The largest absolute Gasteiger partial charge is 0.222 e. The van der Waals surface area contributed by atoms with Crippen LogP contribution in [0, 0.1) is 12.8 Å². The summed E-state index contributed by atoms with van der Waals surface area (Å²) >= 11 is 7.95. The van der Waals surface area contributed by atoms with Crippen LogP contribution in [0.2, 0.25) is 5.15 Å². The molecule has 4 heteroatoms. The van der Waals surface area contributed by atoms with Gasteiger partial charge in [0.25, 0.3) is 0 Å². The molecule has 0 N–H and O–H groups in total. The van der Waals surface area contributed by atoms with E-state index in [9.17, 15) is 0 Å².